The molecular formula is C38H24N6. The first-order valence-electron chi connectivity index (χ1n) is 14.4. The second-order valence-corrected chi connectivity index (χ2v) is 10.5. The highest BCUT2D eigenvalue weighted by molar-refractivity contribution is 6.13. The third-order valence-electron chi connectivity index (χ3n) is 7.73. The van der Waals surface area contributed by atoms with Gasteiger partial charge >= 0.3 is 0 Å². The van der Waals surface area contributed by atoms with Gasteiger partial charge in [-0.05, 0) is 58.3 Å². The number of aromatic nitrogens is 6. The predicted octanol–water partition coefficient (Wildman–Crippen LogP) is 8.70. The van der Waals surface area contributed by atoms with Gasteiger partial charge in [0.2, 0.25) is 0 Å². The number of hydrogen-bond donors (Lipinski definition) is 0. The standard InChI is InChI=1S/C38H24N6/c1-2-7-27(8-3-1)34-24-32(35-31-9-5-4-6-25(31)14-15-33(35)41-34)26-10-12-28(13-11-26)36-42-37(29-16-20-39-21-17-29)44-38(43-36)30-18-22-40-23-19-30/h1-24H. The summed E-state index contributed by atoms with van der Waals surface area (Å²) in [5.41, 5.74) is 7.85. The van der Waals surface area contributed by atoms with Gasteiger partial charge < -0.3 is 0 Å². The van der Waals surface area contributed by atoms with Crippen LogP contribution in [0, 0.1) is 0 Å². The molecule has 0 amide bonds. The second kappa shape index (κ2) is 10.9. The van der Waals surface area contributed by atoms with Crippen LogP contribution in [0.25, 0.3) is 78.2 Å². The molecule has 8 aromatic rings. The fraction of sp³-hybridized carbons (Fsp3) is 0. The molecule has 206 valence electrons. The van der Waals surface area contributed by atoms with E-state index in [4.69, 9.17) is 19.9 Å². The van der Waals surface area contributed by atoms with E-state index < -0.39 is 0 Å². The van der Waals surface area contributed by atoms with E-state index in [9.17, 15) is 0 Å². The molecule has 0 radical (unpaired) electrons. The van der Waals surface area contributed by atoms with E-state index in [1.54, 1.807) is 24.8 Å². The Morgan fingerprint density at radius 3 is 1.57 bits per heavy atom. The van der Waals surface area contributed by atoms with Gasteiger partial charge in [0.05, 0.1) is 11.2 Å². The fourth-order valence-electron chi connectivity index (χ4n) is 5.56. The quantitative estimate of drug-likeness (QED) is 0.195. The van der Waals surface area contributed by atoms with Crippen molar-refractivity contribution in [1.82, 2.24) is 29.9 Å². The molecule has 0 unspecified atom stereocenters. The van der Waals surface area contributed by atoms with Gasteiger partial charge in [-0.15, -0.1) is 0 Å². The summed E-state index contributed by atoms with van der Waals surface area (Å²) in [5.74, 6) is 1.78. The first-order valence-corrected chi connectivity index (χ1v) is 14.4. The van der Waals surface area contributed by atoms with Crippen molar-refractivity contribution >= 4 is 21.7 Å². The van der Waals surface area contributed by atoms with Gasteiger partial charge in [-0.25, -0.2) is 19.9 Å². The average molecular weight is 565 g/mol. The van der Waals surface area contributed by atoms with Crippen LogP contribution in [0.4, 0.5) is 0 Å². The van der Waals surface area contributed by atoms with Crippen molar-refractivity contribution < 1.29 is 0 Å². The van der Waals surface area contributed by atoms with E-state index in [0.717, 1.165) is 50.0 Å². The van der Waals surface area contributed by atoms with Crippen LogP contribution >= 0.6 is 0 Å². The molecule has 0 bridgehead atoms. The summed E-state index contributed by atoms with van der Waals surface area (Å²) in [7, 11) is 0. The lowest BCUT2D eigenvalue weighted by Crippen LogP contribution is -2.00. The Morgan fingerprint density at radius 1 is 0.386 bits per heavy atom. The number of fused-ring (bicyclic) bond motifs is 3. The Kier molecular flexibility index (Phi) is 6.35. The fourth-order valence-corrected chi connectivity index (χ4v) is 5.56. The number of nitrogens with zero attached hydrogens (tertiary/aromatic N) is 6. The summed E-state index contributed by atoms with van der Waals surface area (Å²) < 4.78 is 0. The maximum Gasteiger partial charge on any atom is 0.164 e. The largest absolute Gasteiger partial charge is 0.265 e. The average Bonchev–Trinajstić information content (AvgIpc) is 3.12. The molecule has 4 heterocycles. The predicted molar refractivity (Wildman–Crippen MR) is 175 cm³/mol. The number of rotatable bonds is 5. The number of benzene rings is 4. The van der Waals surface area contributed by atoms with E-state index >= 15 is 0 Å². The molecule has 8 rings (SSSR count). The smallest absolute Gasteiger partial charge is 0.164 e. The first kappa shape index (κ1) is 25.6. The molecule has 44 heavy (non-hydrogen) atoms. The molecule has 4 aromatic heterocycles. The highest BCUT2D eigenvalue weighted by Crippen LogP contribution is 2.37. The van der Waals surface area contributed by atoms with Crippen LogP contribution in [0.5, 0.6) is 0 Å². The minimum absolute atomic E-state index is 0.590. The van der Waals surface area contributed by atoms with Crippen molar-refractivity contribution in [3.63, 3.8) is 0 Å². The molecule has 0 fully saturated rings. The van der Waals surface area contributed by atoms with Gasteiger partial charge in [-0.1, -0.05) is 84.9 Å². The van der Waals surface area contributed by atoms with E-state index in [2.05, 4.69) is 88.8 Å². The Bertz CT molecular complexity index is 2200. The van der Waals surface area contributed by atoms with Crippen LogP contribution in [0.2, 0.25) is 0 Å². The lowest BCUT2D eigenvalue weighted by Gasteiger charge is -2.14. The minimum atomic E-state index is 0.590. The van der Waals surface area contributed by atoms with E-state index in [1.165, 1.54) is 10.8 Å². The van der Waals surface area contributed by atoms with Gasteiger partial charge in [-0.3, -0.25) is 9.97 Å². The summed E-state index contributed by atoms with van der Waals surface area (Å²) >= 11 is 0. The summed E-state index contributed by atoms with van der Waals surface area (Å²) in [4.78, 5) is 27.9. The van der Waals surface area contributed by atoms with Gasteiger partial charge in [0, 0.05) is 52.4 Å². The molecular weight excluding hydrogens is 540 g/mol. The lowest BCUT2D eigenvalue weighted by molar-refractivity contribution is 1.07. The van der Waals surface area contributed by atoms with E-state index in [1.807, 2.05) is 42.5 Å². The van der Waals surface area contributed by atoms with Gasteiger partial charge in [0.25, 0.3) is 0 Å². The van der Waals surface area contributed by atoms with Crippen LogP contribution in [-0.2, 0) is 0 Å². The highest BCUT2D eigenvalue weighted by atomic mass is 15.0. The van der Waals surface area contributed by atoms with Gasteiger partial charge in [0.15, 0.2) is 17.5 Å². The third-order valence-corrected chi connectivity index (χ3v) is 7.73. The SMILES string of the molecule is c1ccc(-c2cc(-c3ccc(-c4nc(-c5ccncc5)nc(-c5ccncc5)n4)cc3)c3c(ccc4ccccc43)n2)cc1. The van der Waals surface area contributed by atoms with Crippen LogP contribution < -0.4 is 0 Å². The van der Waals surface area contributed by atoms with Crippen molar-refractivity contribution in [2.45, 2.75) is 0 Å². The summed E-state index contributed by atoms with van der Waals surface area (Å²) in [6, 6.07) is 41.3. The molecule has 0 atom stereocenters. The van der Waals surface area contributed by atoms with Crippen molar-refractivity contribution in [2.75, 3.05) is 0 Å². The van der Waals surface area contributed by atoms with Crippen molar-refractivity contribution in [3.05, 3.63) is 146 Å². The molecule has 6 nitrogen and oxygen atoms in total. The molecule has 0 saturated heterocycles. The van der Waals surface area contributed by atoms with Crippen LogP contribution in [0.1, 0.15) is 0 Å². The minimum Gasteiger partial charge on any atom is -0.265 e. The Labute approximate surface area is 253 Å². The molecule has 0 saturated carbocycles. The maximum absolute atomic E-state index is 5.09. The van der Waals surface area contributed by atoms with Crippen molar-refractivity contribution in [2.24, 2.45) is 0 Å². The van der Waals surface area contributed by atoms with Crippen molar-refractivity contribution in [3.8, 4) is 56.5 Å². The lowest BCUT2D eigenvalue weighted by atomic mass is 9.94. The van der Waals surface area contributed by atoms with E-state index in [0.29, 0.717) is 17.5 Å². The molecule has 6 heteroatoms. The molecule has 0 aliphatic heterocycles. The normalized spacial score (nSPS) is 11.2. The first-order chi connectivity index (χ1) is 21.8. The molecule has 0 aliphatic rings. The molecule has 0 spiro atoms. The maximum atomic E-state index is 5.09. The molecule has 4 aromatic carbocycles. The Hall–Kier alpha value is -6.14. The Morgan fingerprint density at radius 2 is 0.932 bits per heavy atom. The monoisotopic (exact) mass is 564 g/mol. The summed E-state index contributed by atoms with van der Waals surface area (Å²) in [5, 5.41) is 3.50. The van der Waals surface area contributed by atoms with Crippen LogP contribution in [0.3, 0.4) is 0 Å². The van der Waals surface area contributed by atoms with Gasteiger partial charge in [0.1, 0.15) is 0 Å². The second-order valence-electron chi connectivity index (χ2n) is 10.5. The number of pyridine rings is 3. The van der Waals surface area contributed by atoms with E-state index in [-0.39, 0.29) is 0 Å². The Balaban J connectivity index is 1.29. The summed E-state index contributed by atoms with van der Waals surface area (Å²) in [6.45, 7) is 0. The van der Waals surface area contributed by atoms with Gasteiger partial charge in [-0.2, -0.15) is 0 Å². The molecule has 0 aliphatic carbocycles. The van der Waals surface area contributed by atoms with Crippen LogP contribution in [0.15, 0.2) is 146 Å². The zero-order valence-electron chi connectivity index (χ0n) is 23.5. The van der Waals surface area contributed by atoms with Crippen LogP contribution in [-0.4, -0.2) is 29.9 Å². The van der Waals surface area contributed by atoms with Crippen molar-refractivity contribution in [1.29, 1.82) is 0 Å². The number of hydrogen-bond acceptors (Lipinski definition) is 6. The topological polar surface area (TPSA) is 77.3 Å². The summed E-state index contributed by atoms with van der Waals surface area (Å²) in [6.07, 6.45) is 6.97. The molecule has 0 N–H and O–H groups in total. The zero-order chi connectivity index (χ0) is 29.3. The third kappa shape index (κ3) is 4.74. The zero-order valence-corrected chi connectivity index (χ0v) is 23.5. The highest BCUT2D eigenvalue weighted by Gasteiger charge is 2.15.